The van der Waals surface area contributed by atoms with E-state index in [-0.39, 0.29) is 11.8 Å². The first kappa shape index (κ1) is 10.7. The van der Waals surface area contributed by atoms with E-state index in [0.29, 0.717) is 18.4 Å². The Morgan fingerprint density at radius 1 is 1.38 bits per heavy atom. The van der Waals surface area contributed by atoms with Gasteiger partial charge in [0.15, 0.2) is 0 Å². The highest BCUT2D eigenvalue weighted by Crippen LogP contribution is 2.27. The van der Waals surface area contributed by atoms with Crippen LogP contribution in [0, 0.1) is 0 Å². The molecule has 0 spiro atoms. The number of fused-ring (bicyclic) bond motifs is 1. The van der Waals surface area contributed by atoms with Crippen molar-refractivity contribution in [3.8, 4) is 0 Å². The van der Waals surface area contributed by atoms with Gasteiger partial charge in [-0.2, -0.15) is 0 Å². The molecule has 84 valence electrons. The van der Waals surface area contributed by atoms with Gasteiger partial charge in [0.2, 0.25) is 5.91 Å². The number of nitrogens with one attached hydrogen (secondary N) is 1. The standard InChI is InChI=1S/C12H14N2O2/c1-13-12(16)9-3-5-10-8(7-9)4-6-11(15)14(10)2/h3,5,7H,4,6H2,1-2H3,(H,13,16). The first-order chi connectivity index (χ1) is 7.63. The van der Waals surface area contributed by atoms with E-state index in [2.05, 4.69) is 5.32 Å². The highest BCUT2D eigenvalue weighted by Gasteiger charge is 2.21. The Labute approximate surface area is 94.2 Å². The van der Waals surface area contributed by atoms with Gasteiger partial charge in [0.05, 0.1) is 0 Å². The fourth-order valence-electron chi connectivity index (χ4n) is 1.94. The molecular formula is C12H14N2O2. The van der Waals surface area contributed by atoms with E-state index in [1.165, 1.54) is 0 Å². The van der Waals surface area contributed by atoms with Gasteiger partial charge in [0.1, 0.15) is 0 Å². The maximum absolute atomic E-state index is 11.5. The maximum atomic E-state index is 11.5. The normalized spacial score (nSPS) is 14.6. The molecule has 1 N–H and O–H groups in total. The zero-order valence-electron chi connectivity index (χ0n) is 9.41. The summed E-state index contributed by atoms with van der Waals surface area (Å²) in [5.74, 6) is 0.0301. The van der Waals surface area contributed by atoms with E-state index in [0.717, 1.165) is 11.3 Å². The molecule has 0 bridgehead atoms. The van der Waals surface area contributed by atoms with Crippen LogP contribution in [0.3, 0.4) is 0 Å². The summed E-state index contributed by atoms with van der Waals surface area (Å²) in [5, 5.41) is 2.59. The number of benzene rings is 1. The molecule has 1 aliphatic rings. The molecule has 0 atom stereocenters. The van der Waals surface area contributed by atoms with Crippen LogP contribution in [0.2, 0.25) is 0 Å². The van der Waals surface area contributed by atoms with Gasteiger partial charge < -0.3 is 10.2 Å². The lowest BCUT2D eigenvalue weighted by Crippen LogP contribution is -2.31. The van der Waals surface area contributed by atoms with Crippen LogP contribution in [0.25, 0.3) is 0 Å². The molecule has 0 fully saturated rings. The van der Waals surface area contributed by atoms with Gasteiger partial charge in [-0.3, -0.25) is 9.59 Å². The molecule has 0 saturated heterocycles. The van der Waals surface area contributed by atoms with Gasteiger partial charge in [-0.25, -0.2) is 0 Å². The molecule has 2 amide bonds. The van der Waals surface area contributed by atoms with Crippen LogP contribution >= 0.6 is 0 Å². The van der Waals surface area contributed by atoms with Crippen molar-refractivity contribution in [1.82, 2.24) is 5.32 Å². The van der Waals surface area contributed by atoms with E-state index in [4.69, 9.17) is 0 Å². The van der Waals surface area contributed by atoms with Crippen molar-refractivity contribution >= 4 is 17.5 Å². The Hall–Kier alpha value is -1.84. The van der Waals surface area contributed by atoms with Gasteiger partial charge in [0.25, 0.3) is 5.91 Å². The minimum Gasteiger partial charge on any atom is -0.355 e. The van der Waals surface area contributed by atoms with Crippen molar-refractivity contribution in [1.29, 1.82) is 0 Å². The number of amides is 2. The zero-order valence-corrected chi connectivity index (χ0v) is 9.41. The number of carbonyl (C=O) groups excluding carboxylic acids is 2. The molecule has 1 aromatic carbocycles. The second kappa shape index (κ2) is 3.96. The number of rotatable bonds is 1. The van der Waals surface area contributed by atoms with Crippen molar-refractivity contribution in [2.45, 2.75) is 12.8 Å². The number of nitrogens with zero attached hydrogens (tertiary/aromatic N) is 1. The fraction of sp³-hybridized carbons (Fsp3) is 0.333. The molecule has 1 heterocycles. The summed E-state index contributed by atoms with van der Waals surface area (Å²) in [7, 11) is 3.37. The van der Waals surface area contributed by atoms with Crippen molar-refractivity contribution in [3.63, 3.8) is 0 Å². The summed E-state index contributed by atoms with van der Waals surface area (Å²) >= 11 is 0. The molecule has 0 radical (unpaired) electrons. The zero-order chi connectivity index (χ0) is 11.7. The Morgan fingerprint density at radius 3 is 2.81 bits per heavy atom. The summed E-state index contributed by atoms with van der Waals surface area (Å²) in [5.41, 5.74) is 2.61. The molecule has 0 aromatic heterocycles. The van der Waals surface area contributed by atoms with Crippen LogP contribution in [0.1, 0.15) is 22.3 Å². The Kier molecular flexibility index (Phi) is 2.64. The molecule has 0 aliphatic carbocycles. The average molecular weight is 218 g/mol. The van der Waals surface area contributed by atoms with Gasteiger partial charge in [-0.1, -0.05) is 0 Å². The second-order valence-electron chi connectivity index (χ2n) is 3.88. The van der Waals surface area contributed by atoms with Crippen LogP contribution in [0.4, 0.5) is 5.69 Å². The minimum absolute atomic E-state index is 0.0950. The first-order valence-corrected chi connectivity index (χ1v) is 5.25. The highest BCUT2D eigenvalue weighted by atomic mass is 16.2. The molecule has 4 nitrogen and oxygen atoms in total. The summed E-state index contributed by atoms with van der Waals surface area (Å²) in [6.07, 6.45) is 1.23. The Bertz CT molecular complexity index is 454. The smallest absolute Gasteiger partial charge is 0.251 e. The fourth-order valence-corrected chi connectivity index (χ4v) is 1.94. The molecule has 0 saturated carbocycles. The third-order valence-electron chi connectivity index (χ3n) is 2.91. The highest BCUT2D eigenvalue weighted by molar-refractivity contribution is 5.98. The van der Waals surface area contributed by atoms with Gasteiger partial charge in [-0.05, 0) is 30.2 Å². The molecule has 1 aliphatic heterocycles. The van der Waals surface area contributed by atoms with Gasteiger partial charge in [0, 0.05) is 31.8 Å². The molecule has 2 rings (SSSR count). The van der Waals surface area contributed by atoms with Crippen LogP contribution in [0.5, 0.6) is 0 Å². The molecule has 0 unspecified atom stereocenters. The summed E-state index contributed by atoms with van der Waals surface area (Å²) in [6, 6.07) is 5.43. The maximum Gasteiger partial charge on any atom is 0.251 e. The third-order valence-corrected chi connectivity index (χ3v) is 2.91. The van der Waals surface area contributed by atoms with Crippen LogP contribution < -0.4 is 10.2 Å². The number of aryl methyl sites for hydroxylation is 1. The van der Waals surface area contributed by atoms with Crippen molar-refractivity contribution in [2.75, 3.05) is 19.0 Å². The molecular weight excluding hydrogens is 204 g/mol. The summed E-state index contributed by atoms with van der Waals surface area (Å²) in [4.78, 5) is 24.6. The van der Waals surface area contributed by atoms with E-state index in [1.54, 1.807) is 25.1 Å². The van der Waals surface area contributed by atoms with Crippen LogP contribution in [0.15, 0.2) is 18.2 Å². The van der Waals surface area contributed by atoms with Crippen molar-refractivity contribution in [2.24, 2.45) is 0 Å². The SMILES string of the molecule is CNC(=O)c1ccc2c(c1)CCC(=O)N2C. The van der Waals surface area contributed by atoms with Crippen LogP contribution in [-0.2, 0) is 11.2 Å². The first-order valence-electron chi connectivity index (χ1n) is 5.25. The molecule has 1 aromatic rings. The number of hydrogen-bond donors (Lipinski definition) is 1. The predicted octanol–water partition coefficient (Wildman–Crippen LogP) is 0.955. The van der Waals surface area contributed by atoms with Crippen LogP contribution in [-0.4, -0.2) is 25.9 Å². The van der Waals surface area contributed by atoms with E-state index >= 15 is 0 Å². The average Bonchev–Trinajstić information content (AvgIpc) is 2.32. The quantitative estimate of drug-likeness (QED) is 0.763. The summed E-state index contributed by atoms with van der Waals surface area (Å²) in [6.45, 7) is 0. The lowest BCUT2D eigenvalue weighted by Gasteiger charge is -2.25. The monoisotopic (exact) mass is 218 g/mol. The third kappa shape index (κ3) is 1.66. The summed E-state index contributed by atoms with van der Waals surface area (Å²) < 4.78 is 0. The lowest BCUT2D eigenvalue weighted by molar-refractivity contribution is -0.118. The van der Waals surface area contributed by atoms with Crippen molar-refractivity contribution < 1.29 is 9.59 Å². The van der Waals surface area contributed by atoms with E-state index < -0.39 is 0 Å². The second-order valence-corrected chi connectivity index (χ2v) is 3.88. The van der Waals surface area contributed by atoms with E-state index in [1.807, 2.05) is 12.1 Å². The largest absolute Gasteiger partial charge is 0.355 e. The van der Waals surface area contributed by atoms with E-state index in [9.17, 15) is 9.59 Å². The number of carbonyl (C=O) groups is 2. The number of hydrogen-bond acceptors (Lipinski definition) is 2. The Balaban J connectivity index is 2.41. The molecule has 16 heavy (non-hydrogen) atoms. The minimum atomic E-state index is -0.0950. The Morgan fingerprint density at radius 2 is 2.12 bits per heavy atom. The molecule has 4 heteroatoms. The topological polar surface area (TPSA) is 49.4 Å². The predicted molar refractivity (Wildman–Crippen MR) is 61.6 cm³/mol. The lowest BCUT2D eigenvalue weighted by atomic mass is 9.99. The van der Waals surface area contributed by atoms with Crippen molar-refractivity contribution in [3.05, 3.63) is 29.3 Å². The van der Waals surface area contributed by atoms with Gasteiger partial charge in [-0.15, -0.1) is 0 Å². The number of anilines is 1. The van der Waals surface area contributed by atoms with Gasteiger partial charge >= 0.3 is 0 Å².